The number of hydrazine groups is 1. The highest BCUT2D eigenvalue weighted by atomic mass is 16.5. The largest absolute Gasteiger partial charge is 0.481 e. The van der Waals surface area contributed by atoms with Crippen molar-refractivity contribution in [3.05, 3.63) is 95.6 Å². The number of nitrogens with zero attached hydrogens (tertiary/aromatic N) is 1. The normalized spacial score (nSPS) is 16.3. The first-order valence-corrected chi connectivity index (χ1v) is 9.81. The number of hydrogen-bond acceptors (Lipinski definition) is 4. The van der Waals surface area contributed by atoms with Crippen LogP contribution in [-0.4, -0.2) is 22.9 Å². The molecule has 1 aliphatic heterocycles. The summed E-state index contributed by atoms with van der Waals surface area (Å²) in [6.45, 7) is 3.65. The molecule has 0 radical (unpaired) electrons. The van der Waals surface area contributed by atoms with Crippen LogP contribution in [0.15, 0.2) is 78.9 Å². The van der Waals surface area contributed by atoms with Crippen molar-refractivity contribution in [1.29, 1.82) is 0 Å². The van der Waals surface area contributed by atoms with E-state index < -0.39 is 18.2 Å². The lowest BCUT2D eigenvalue weighted by Gasteiger charge is -2.38. The number of fused-ring (bicyclic) bond motifs is 1. The van der Waals surface area contributed by atoms with Crippen molar-refractivity contribution in [3.63, 3.8) is 0 Å². The smallest absolute Gasteiger partial charge is 0.279 e. The molecule has 2 atom stereocenters. The van der Waals surface area contributed by atoms with E-state index in [-0.39, 0.29) is 5.91 Å². The van der Waals surface area contributed by atoms with Crippen molar-refractivity contribution in [2.45, 2.75) is 26.1 Å². The van der Waals surface area contributed by atoms with Crippen molar-refractivity contribution < 1.29 is 14.3 Å². The minimum atomic E-state index is -0.781. The Morgan fingerprint density at radius 2 is 1.67 bits per heavy atom. The summed E-state index contributed by atoms with van der Waals surface area (Å²) in [4.78, 5) is 26.1. The van der Waals surface area contributed by atoms with Gasteiger partial charge in [-0.05, 0) is 43.7 Å². The Balaban J connectivity index is 1.60. The lowest BCUT2D eigenvalue weighted by molar-refractivity contribution is -0.132. The first kappa shape index (κ1) is 19.5. The standard InChI is InChI=1S/C24H23N3O3/c1-16-12-14-18(15-13-16)22-25-21-11-7-6-10-20(21)24(29)27(22)26-23(28)17(2)30-19-8-4-3-5-9-19/h3-15,17,22,25H,1-2H3,(H,26,28). The van der Waals surface area contributed by atoms with Crippen LogP contribution in [0.4, 0.5) is 5.69 Å². The van der Waals surface area contributed by atoms with Crippen molar-refractivity contribution in [1.82, 2.24) is 10.4 Å². The van der Waals surface area contributed by atoms with Gasteiger partial charge in [-0.25, -0.2) is 5.01 Å². The van der Waals surface area contributed by atoms with Gasteiger partial charge in [0.15, 0.2) is 6.10 Å². The minimum Gasteiger partial charge on any atom is -0.481 e. The third-order valence-corrected chi connectivity index (χ3v) is 4.98. The highest BCUT2D eigenvalue weighted by Gasteiger charge is 2.35. The van der Waals surface area contributed by atoms with E-state index >= 15 is 0 Å². The number of carbonyl (C=O) groups is 2. The highest BCUT2D eigenvalue weighted by molar-refractivity contribution is 6.02. The Hall–Kier alpha value is -3.80. The number of rotatable bonds is 5. The van der Waals surface area contributed by atoms with E-state index in [2.05, 4.69) is 10.7 Å². The third-order valence-electron chi connectivity index (χ3n) is 4.98. The maximum atomic E-state index is 13.2. The van der Waals surface area contributed by atoms with Gasteiger partial charge >= 0.3 is 0 Å². The van der Waals surface area contributed by atoms with Crippen LogP contribution in [0.1, 0.15) is 34.6 Å². The third kappa shape index (κ3) is 3.98. The van der Waals surface area contributed by atoms with E-state index in [1.807, 2.05) is 61.5 Å². The van der Waals surface area contributed by atoms with E-state index in [9.17, 15) is 9.59 Å². The second-order valence-electron chi connectivity index (χ2n) is 7.23. The van der Waals surface area contributed by atoms with E-state index in [1.165, 1.54) is 5.01 Å². The number of aryl methyl sites for hydroxylation is 1. The molecule has 6 nitrogen and oxygen atoms in total. The summed E-state index contributed by atoms with van der Waals surface area (Å²) in [5.74, 6) is -0.107. The molecule has 2 N–H and O–H groups in total. The average Bonchev–Trinajstić information content (AvgIpc) is 2.77. The molecule has 152 valence electrons. The molecular weight excluding hydrogens is 378 g/mol. The number of amides is 2. The fraction of sp³-hybridized carbons (Fsp3) is 0.167. The summed E-state index contributed by atoms with van der Waals surface area (Å²) in [6.07, 6.45) is -1.32. The summed E-state index contributed by atoms with van der Waals surface area (Å²) >= 11 is 0. The molecule has 2 unspecified atom stereocenters. The quantitative estimate of drug-likeness (QED) is 0.676. The number of nitrogens with one attached hydrogen (secondary N) is 2. The molecule has 4 rings (SSSR count). The van der Waals surface area contributed by atoms with Gasteiger partial charge in [0.2, 0.25) is 0 Å². The van der Waals surface area contributed by atoms with Gasteiger partial charge in [0, 0.05) is 5.69 Å². The maximum absolute atomic E-state index is 13.2. The van der Waals surface area contributed by atoms with Gasteiger partial charge in [0.05, 0.1) is 5.56 Å². The monoisotopic (exact) mass is 401 g/mol. The van der Waals surface area contributed by atoms with Crippen LogP contribution in [0.5, 0.6) is 5.75 Å². The molecule has 1 aliphatic rings. The van der Waals surface area contributed by atoms with E-state index in [0.717, 1.165) is 16.8 Å². The maximum Gasteiger partial charge on any atom is 0.279 e. The molecule has 0 saturated heterocycles. The molecular formula is C24H23N3O3. The van der Waals surface area contributed by atoms with Crippen molar-refractivity contribution in [3.8, 4) is 5.75 Å². The van der Waals surface area contributed by atoms with Gasteiger partial charge in [0.25, 0.3) is 11.8 Å². The Labute approximate surface area is 175 Å². The molecule has 0 saturated carbocycles. The lowest BCUT2D eigenvalue weighted by Crippen LogP contribution is -2.55. The summed E-state index contributed by atoms with van der Waals surface area (Å²) in [6, 6.07) is 24.2. The summed E-state index contributed by atoms with van der Waals surface area (Å²) < 4.78 is 5.71. The second-order valence-corrected chi connectivity index (χ2v) is 7.23. The summed E-state index contributed by atoms with van der Waals surface area (Å²) in [5.41, 5.74) is 5.95. The fourth-order valence-electron chi connectivity index (χ4n) is 3.32. The molecule has 30 heavy (non-hydrogen) atoms. The Morgan fingerprint density at radius 3 is 2.40 bits per heavy atom. The second kappa shape index (κ2) is 8.29. The summed E-state index contributed by atoms with van der Waals surface area (Å²) in [7, 11) is 0. The number of benzene rings is 3. The zero-order chi connectivity index (χ0) is 21.1. The summed E-state index contributed by atoms with van der Waals surface area (Å²) in [5, 5.41) is 4.69. The lowest BCUT2D eigenvalue weighted by atomic mass is 10.0. The van der Waals surface area contributed by atoms with Gasteiger partial charge in [-0.3, -0.25) is 15.0 Å². The predicted octanol–water partition coefficient (Wildman–Crippen LogP) is 4.06. The van der Waals surface area contributed by atoms with Gasteiger partial charge in [-0.15, -0.1) is 0 Å². The number of hydrogen-bond donors (Lipinski definition) is 2. The Kier molecular flexibility index (Phi) is 5.39. The Morgan fingerprint density at radius 1 is 1.00 bits per heavy atom. The van der Waals surface area contributed by atoms with Crippen LogP contribution in [-0.2, 0) is 4.79 Å². The fourth-order valence-corrected chi connectivity index (χ4v) is 3.32. The van der Waals surface area contributed by atoms with Crippen molar-refractivity contribution >= 4 is 17.5 Å². The highest BCUT2D eigenvalue weighted by Crippen LogP contribution is 2.32. The van der Waals surface area contributed by atoms with Crippen LogP contribution in [0.2, 0.25) is 0 Å². The number of ether oxygens (including phenoxy) is 1. The van der Waals surface area contributed by atoms with Crippen LogP contribution >= 0.6 is 0 Å². The molecule has 3 aromatic rings. The first-order chi connectivity index (χ1) is 14.5. The molecule has 1 heterocycles. The Bertz CT molecular complexity index is 1050. The molecule has 2 amide bonds. The van der Waals surface area contributed by atoms with Crippen LogP contribution in [0.25, 0.3) is 0 Å². The molecule has 0 fully saturated rings. The van der Waals surface area contributed by atoms with Crippen molar-refractivity contribution in [2.24, 2.45) is 0 Å². The van der Waals surface area contributed by atoms with E-state index in [1.54, 1.807) is 31.2 Å². The van der Waals surface area contributed by atoms with Gasteiger partial charge < -0.3 is 10.1 Å². The van der Waals surface area contributed by atoms with E-state index in [0.29, 0.717) is 11.3 Å². The topological polar surface area (TPSA) is 70.7 Å². The zero-order valence-electron chi connectivity index (χ0n) is 16.8. The molecule has 0 spiro atoms. The number of anilines is 1. The molecule has 0 aliphatic carbocycles. The minimum absolute atomic E-state index is 0.282. The number of para-hydroxylation sites is 2. The first-order valence-electron chi connectivity index (χ1n) is 9.81. The van der Waals surface area contributed by atoms with Crippen LogP contribution < -0.4 is 15.5 Å². The molecule has 6 heteroatoms. The average molecular weight is 401 g/mol. The van der Waals surface area contributed by atoms with Gasteiger partial charge in [-0.1, -0.05) is 60.2 Å². The zero-order valence-corrected chi connectivity index (χ0v) is 16.8. The molecule has 3 aromatic carbocycles. The van der Waals surface area contributed by atoms with Crippen molar-refractivity contribution in [2.75, 3.05) is 5.32 Å². The number of carbonyl (C=O) groups excluding carboxylic acids is 2. The molecule has 0 bridgehead atoms. The predicted molar refractivity (Wildman–Crippen MR) is 115 cm³/mol. The van der Waals surface area contributed by atoms with Gasteiger partial charge in [-0.2, -0.15) is 0 Å². The van der Waals surface area contributed by atoms with Crippen LogP contribution in [0, 0.1) is 6.92 Å². The SMILES string of the molecule is Cc1ccc(C2Nc3ccccc3C(=O)N2NC(=O)C(C)Oc2ccccc2)cc1. The van der Waals surface area contributed by atoms with Gasteiger partial charge in [0.1, 0.15) is 11.9 Å². The van der Waals surface area contributed by atoms with Crippen LogP contribution in [0.3, 0.4) is 0 Å². The molecule has 0 aromatic heterocycles. The van der Waals surface area contributed by atoms with E-state index in [4.69, 9.17) is 4.74 Å².